The summed E-state index contributed by atoms with van der Waals surface area (Å²) in [5.41, 5.74) is 2.57. The molecule has 0 saturated heterocycles. The summed E-state index contributed by atoms with van der Waals surface area (Å²) < 4.78 is 0. The van der Waals surface area contributed by atoms with E-state index in [1.54, 1.807) is 0 Å². The number of rotatable bonds is 5. The van der Waals surface area contributed by atoms with Gasteiger partial charge in [0.2, 0.25) is 0 Å². The summed E-state index contributed by atoms with van der Waals surface area (Å²) in [6.07, 6.45) is 7.08. The highest BCUT2D eigenvalue weighted by Crippen LogP contribution is 2.09. The summed E-state index contributed by atoms with van der Waals surface area (Å²) in [6.45, 7) is 4.39. The monoisotopic (exact) mass is 195 g/mol. The summed E-state index contributed by atoms with van der Waals surface area (Å²) in [5.74, 6) is 0. The second-order valence-corrected chi connectivity index (χ2v) is 4.59. The summed E-state index contributed by atoms with van der Waals surface area (Å²) >= 11 is 0. The van der Waals surface area contributed by atoms with Crippen LogP contribution in [0.15, 0.2) is 18.3 Å². The zero-order valence-electron chi connectivity index (χ0n) is 8.51. The van der Waals surface area contributed by atoms with Crippen molar-refractivity contribution in [3.8, 4) is 0 Å². The van der Waals surface area contributed by atoms with Crippen LogP contribution in [0, 0.1) is 6.92 Å². The van der Waals surface area contributed by atoms with Crippen molar-refractivity contribution in [3.63, 3.8) is 0 Å². The lowest BCUT2D eigenvalue weighted by Gasteiger charge is -2.00. The molecule has 1 rings (SSSR count). The zero-order valence-corrected chi connectivity index (χ0v) is 9.51. The first kappa shape index (κ1) is 10.7. The number of nitrogens with zero attached hydrogens (tertiary/aromatic N) is 1. The van der Waals surface area contributed by atoms with E-state index in [0.717, 1.165) is 15.0 Å². The van der Waals surface area contributed by atoms with Crippen molar-refractivity contribution in [2.45, 2.75) is 26.2 Å². The Morgan fingerprint density at radius 1 is 1.38 bits per heavy atom. The normalized spacial score (nSPS) is 11.2. The number of hydrogen-bond acceptors (Lipinski definition) is 1. The lowest BCUT2D eigenvalue weighted by molar-refractivity contribution is 0.781. The molecule has 0 amide bonds. The number of unbranched alkanes of at least 4 members (excludes halogenated alkanes) is 1. The summed E-state index contributed by atoms with van der Waals surface area (Å²) in [5, 5.41) is 0. The van der Waals surface area contributed by atoms with Gasteiger partial charge in [-0.2, -0.15) is 0 Å². The highest BCUT2D eigenvalue weighted by Gasteiger charge is 1.94. The predicted octanol–water partition coefficient (Wildman–Crippen LogP) is 3.02. The fraction of sp³-hybridized carbons (Fsp3) is 0.545. The molecule has 0 fully saturated rings. The summed E-state index contributed by atoms with van der Waals surface area (Å²) in [4.78, 5) is 4.34. The van der Waals surface area contributed by atoms with Crippen molar-refractivity contribution in [3.05, 3.63) is 29.6 Å². The van der Waals surface area contributed by atoms with Crippen molar-refractivity contribution >= 4 is 8.58 Å². The highest BCUT2D eigenvalue weighted by atomic mass is 31.1. The van der Waals surface area contributed by atoms with Gasteiger partial charge in [0.15, 0.2) is 0 Å². The van der Waals surface area contributed by atoms with Crippen LogP contribution < -0.4 is 0 Å². The van der Waals surface area contributed by atoms with Gasteiger partial charge in [-0.05, 0) is 56.7 Å². The van der Waals surface area contributed by atoms with E-state index in [0.29, 0.717) is 0 Å². The van der Waals surface area contributed by atoms with E-state index in [2.05, 4.69) is 30.7 Å². The van der Waals surface area contributed by atoms with Gasteiger partial charge in [-0.3, -0.25) is 4.98 Å². The Labute approximate surface area is 82.8 Å². The van der Waals surface area contributed by atoms with Crippen LogP contribution >= 0.6 is 8.58 Å². The van der Waals surface area contributed by atoms with Crippen LogP contribution in [0.5, 0.6) is 0 Å². The van der Waals surface area contributed by atoms with E-state index in [1.807, 2.05) is 6.20 Å². The Kier molecular flexibility index (Phi) is 5.00. The Balaban J connectivity index is 2.28. The van der Waals surface area contributed by atoms with Gasteiger partial charge >= 0.3 is 0 Å². The van der Waals surface area contributed by atoms with Crippen molar-refractivity contribution < 1.29 is 0 Å². The minimum absolute atomic E-state index is 1.10. The standard InChI is InChI=1S/C11H18NP/c1-10-6-7-12-11(9-10)5-3-4-8-13-2/h6-7,9,13H,3-5,8H2,1-2H3. The van der Waals surface area contributed by atoms with Crippen LogP contribution in [-0.4, -0.2) is 17.8 Å². The van der Waals surface area contributed by atoms with Gasteiger partial charge in [0, 0.05) is 11.9 Å². The van der Waals surface area contributed by atoms with Crippen molar-refractivity contribution in [1.29, 1.82) is 0 Å². The lowest BCUT2D eigenvalue weighted by Crippen LogP contribution is -1.91. The van der Waals surface area contributed by atoms with E-state index in [1.165, 1.54) is 30.3 Å². The molecule has 1 nitrogen and oxygen atoms in total. The molecule has 0 aliphatic carbocycles. The maximum absolute atomic E-state index is 4.34. The fourth-order valence-corrected chi connectivity index (χ4v) is 1.95. The van der Waals surface area contributed by atoms with Crippen molar-refractivity contribution in [1.82, 2.24) is 4.98 Å². The summed E-state index contributed by atoms with van der Waals surface area (Å²) in [7, 11) is 1.10. The lowest BCUT2D eigenvalue weighted by atomic mass is 10.1. The molecule has 0 aliphatic rings. The van der Waals surface area contributed by atoms with E-state index >= 15 is 0 Å². The minimum atomic E-state index is 1.10. The van der Waals surface area contributed by atoms with Gasteiger partial charge < -0.3 is 0 Å². The minimum Gasteiger partial charge on any atom is -0.261 e. The maximum atomic E-state index is 4.34. The van der Waals surface area contributed by atoms with Gasteiger partial charge in [0.05, 0.1) is 0 Å². The average Bonchev–Trinajstić information content (AvgIpc) is 2.13. The van der Waals surface area contributed by atoms with Gasteiger partial charge in [0.25, 0.3) is 0 Å². The molecule has 1 aromatic heterocycles. The number of aromatic nitrogens is 1. The Morgan fingerprint density at radius 3 is 2.92 bits per heavy atom. The van der Waals surface area contributed by atoms with E-state index in [-0.39, 0.29) is 0 Å². The largest absolute Gasteiger partial charge is 0.261 e. The molecular weight excluding hydrogens is 177 g/mol. The molecule has 2 heteroatoms. The molecule has 0 bridgehead atoms. The molecule has 13 heavy (non-hydrogen) atoms. The van der Waals surface area contributed by atoms with Crippen LogP contribution in [0.3, 0.4) is 0 Å². The molecule has 0 aliphatic heterocycles. The predicted molar refractivity (Wildman–Crippen MR) is 61.0 cm³/mol. The smallest absolute Gasteiger partial charge is 0.0406 e. The SMILES string of the molecule is CPCCCCc1cc(C)ccn1. The molecule has 0 saturated carbocycles. The van der Waals surface area contributed by atoms with Crippen LogP contribution in [0.1, 0.15) is 24.1 Å². The maximum Gasteiger partial charge on any atom is 0.0406 e. The molecular formula is C11H18NP. The first-order chi connectivity index (χ1) is 6.33. The molecule has 0 aromatic carbocycles. The third-order valence-corrected chi connectivity index (χ3v) is 2.94. The Hall–Kier alpha value is -0.420. The van der Waals surface area contributed by atoms with Crippen LogP contribution in [0.2, 0.25) is 0 Å². The number of pyridine rings is 1. The first-order valence-electron chi connectivity index (χ1n) is 4.89. The Morgan fingerprint density at radius 2 is 2.23 bits per heavy atom. The molecule has 1 aromatic rings. The third-order valence-electron chi connectivity index (χ3n) is 2.08. The molecule has 0 radical (unpaired) electrons. The van der Waals surface area contributed by atoms with Crippen LogP contribution in [-0.2, 0) is 6.42 Å². The average molecular weight is 195 g/mol. The third kappa shape index (κ3) is 4.38. The molecule has 0 N–H and O–H groups in total. The first-order valence-corrected chi connectivity index (χ1v) is 6.60. The molecule has 1 atom stereocenters. The molecule has 72 valence electrons. The fourth-order valence-electron chi connectivity index (χ4n) is 1.34. The van der Waals surface area contributed by atoms with Crippen LogP contribution in [0.25, 0.3) is 0 Å². The van der Waals surface area contributed by atoms with Crippen molar-refractivity contribution in [2.75, 3.05) is 12.8 Å². The van der Waals surface area contributed by atoms with Crippen LogP contribution in [0.4, 0.5) is 0 Å². The van der Waals surface area contributed by atoms with Gasteiger partial charge in [-0.15, -0.1) is 8.58 Å². The van der Waals surface area contributed by atoms with Gasteiger partial charge in [0.1, 0.15) is 0 Å². The summed E-state index contributed by atoms with van der Waals surface area (Å²) in [6, 6.07) is 4.24. The molecule has 1 heterocycles. The van der Waals surface area contributed by atoms with Crippen molar-refractivity contribution in [2.24, 2.45) is 0 Å². The zero-order chi connectivity index (χ0) is 9.52. The quantitative estimate of drug-likeness (QED) is 0.520. The molecule has 1 unspecified atom stereocenters. The van der Waals surface area contributed by atoms with E-state index in [9.17, 15) is 0 Å². The van der Waals surface area contributed by atoms with Gasteiger partial charge in [-0.25, -0.2) is 0 Å². The van der Waals surface area contributed by atoms with Gasteiger partial charge in [-0.1, -0.05) is 0 Å². The van der Waals surface area contributed by atoms with E-state index in [4.69, 9.17) is 0 Å². The Bertz CT molecular complexity index is 248. The molecule has 0 spiro atoms. The number of hydrogen-bond donors (Lipinski definition) is 0. The number of aryl methyl sites for hydroxylation is 2. The van der Waals surface area contributed by atoms with E-state index < -0.39 is 0 Å². The topological polar surface area (TPSA) is 12.9 Å². The second-order valence-electron chi connectivity index (χ2n) is 3.39. The highest BCUT2D eigenvalue weighted by molar-refractivity contribution is 7.36. The second kappa shape index (κ2) is 6.10.